The molecular weight excluding hydrogens is 502 g/mol. The molecule has 194 valence electrons. The molecule has 2 amide bonds. The van der Waals surface area contributed by atoms with E-state index in [1.54, 1.807) is 18.3 Å². The molecule has 0 unspecified atom stereocenters. The van der Waals surface area contributed by atoms with Gasteiger partial charge in [-0.05, 0) is 36.3 Å². The normalized spacial score (nSPS) is 17.1. The van der Waals surface area contributed by atoms with Crippen molar-refractivity contribution < 1.29 is 9.59 Å². The van der Waals surface area contributed by atoms with E-state index in [0.29, 0.717) is 48.4 Å². The summed E-state index contributed by atoms with van der Waals surface area (Å²) < 4.78 is 0. The molecule has 2 aromatic heterocycles. The first kappa shape index (κ1) is 25.4. The van der Waals surface area contributed by atoms with Gasteiger partial charge in [-0.1, -0.05) is 48.5 Å². The fraction of sp³-hybridized carbons (Fsp3) is 0.214. The molecule has 0 spiro atoms. The lowest BCUT2D eigenvalue weighted by Crippen LogP contribution is -2.48. The van der Waals surface area contributed by atoms with E-state index in [1.165, 1.54) is 6.08 Å². The van der Waals surface area contributed by atoms with Crippen molar-refractivity contribution in [3.8, 4) is 11.3 Å². The number of halogens is 1. The van der Waals surface area contributed by atoms with Crippen LogP contribution in [0.2, 0.25) is 5.02 Å². The molecule has 5 N–H and O–H groups in total. The van der Waals surface area contributed by atoms with E-state index in [2.05, 4.69) is 37.8 Å². The monoisotopic (exact) mass is 529 g/mol. The largest absolute Gasteiger partial charge is 0.360 e. The summed E-state index contributed by atoms with van der Waals surface area (Å²) in [6, 6.07) is 15.3. The molecule has 0 radical (unpaired) electrons. The van der Waals surface area contributed by atoms with Gasteiger partial charge >= 0.3 is 0 Å². The number of piperidine rings is 1. The minimum Gasteiger partial charge on any atom is -0.360 e. The summed E-state index contributed by atoms with van der Waals surface area (Å²) in [6.45, 7) is 5.13. The van der Waals surface area contributed by atoms with E-state index in [9.17, 15) is 9.59 Å². The van der Waals surface area contributed by atoms with Crippen molar-refractivity contribution in [3.63, 3.8) is 0 Å². The molecule has 1 aliphatic rings. The van der Waals surface area contributed by atoms with Crippen molar-refractivity contribution in [1.82, 2.24) is 25.6 Å². The van der Waals surface area contributed by atoms with Crippen molar-refractivity contribution in [3.05, 3.63) is 84.2 Å². The number of para-hydroxylation sites is 1. The third-order valence-electron chi connectivity index (χ3n) is 6.52. The lowest BCUT2D eigenvalue weighted by molar-refractivity contribution is -0.125. The van der Waals surface area contributed by atoms with Crippen molar-refractivity contribution >= 4 is 46.0 Å². The van der Waals surface area contributed by atoms with Gasteiger partial charge in [0.1, 0.15) is 0 Å². The Hall–Kier alpha value is -4.21. The van der Waals surface area contributed by atoms with Gasteiger partial charge in [-0.15, -0.1) is 0 Å². The standard InChI is InChI=1S/C28H28ClN7O2/c1-2-25(37)34-19-9-7-17(8-10-19)12-32-27(38)18-11-20(14-30-13-18)35-28-33-16-23(29)26(36-28)22-15-31-24-6-4-3-5-21(22)24/h2-10,15-16,18,20,30-31H,1,11-14H2,(H,32,38)(H,34,37)(H,33,35,36)/t18-,20-/m1/s1. The fourth-order valence-electron chi connectivity index (χ4n) is 4.56. The van der Waals surface area contributed by atoms with Crippen molar-refractivity contribution in [2.24, 2.45) is 5.92 Å². The van der Waals surface area contributed by atoms with Crippen LogP contribution in [0, 0.1) is 5.92 Å². The molecule has 0 bridgehead atoms. The minimum absolute atomic E-state index is 0.0236. The van der Waals surface area contributed by atoms with Crippen LogP contribution in [0.3, 0.4) is 0 Å². The SMILES string of the molecule is C=CC(=O)Nc1ccc(CNC(=O)[C@H]2CNC[C@H](Nc3ncc(Cl)c(-c4c[nH]c5ccccc45)n3)C2)cc1. The molecule has 9 nitrogen and oxygen atoms in total. The maximum atomic E-state index is 12.9. The molecule has 1 saturated heterocycles. The van der Waals surface area contributed by atoms with Gasteiger partial charge in [-0.2, -0.15) is 0 Å². The third kappa shape index (κ3) is 5.85. The lowest BCUT2D eigenvalue weighted by Gasteiger charge is -2.30. The van der Waals surface area contributed by atoms with Crippen LogP contribution in [0.5, 0.6) is 0 Å². The molecule has 2 aromatic carbocycles. The van der Waals surface area contributed by atoms with Gasteiger partial charge in [0, 0.05) is 54.0 Å². The van der Waals surface area contributed by atoms with Gasteiger partial charge in [0.25, 0.3) is 0 Å². The predicted molar refractivity (Wildman–Crippen MR) is 150 cm³/mol. The van der Waals surface area contributed by atoms with Crippen LogP contribution in [0.25, 0.3) is 22.2 Å². The number of anilines is 2. The zero-order chi connectivity index (χ0) is 26.5. The van der Waals surface area contributed by atoms with Gasteiger partial charge in [0.2, 0.25) is 17.8 Å². The van der Waals surface area contributed by atoms with Crippen LogP contribution in [0.15, 0.2) is 73.6 Å². The van der Waals surface area contributed by atoms with E-state index in [1.807, 2.05) is 42.6 Å². The number of rotatable bonds is 8. The van der Waals surface area contributed by atoms with Crippen LogP contribution < -0.4 is 21.3 Å². The topological polar surface area (TPSA) is 124 Å². The minimum atomic E-state index is -0.266. The number of H-pyrrole nitrogens is 1. The summed E-state index contributed by atoms with van der Waals surface area (Å²) in [4.78, 5) is 36.6. The Bertz CT molecular complexity index is 1470. The Balaban J connectivity index is 1.19. The highest BCUT2D eigenvalue weighted by atomic mass is 35.5. The van der Waals surface area contributed by atoms with Crippen LogP contribution in [0.4, 0.5) is 11.6 Å². The van der Waals surface area contributed by atoms with Gasteiger partial charge < -0.3 is 26.3 Å². The second kappa shape index (κ2) is 11.5. The van der Waals surface area contributed by atoms with Crippen molar-refractivity contribution in [2.45, 2.75) is 19.0 Å². The molecule has 10 heteroatoms. The number of hydrogen-bond donors (Lipinski definition) is 5. The van der Waals surface area contributed by atoms with Crippen LogP contribution in [-0.2, 0) is 16.1 Å². The van der Waals surface area contributed by atoms with Gasteiger partial charge in [0.15, 0.2) is 0 Å². The molecule has 1 fully saturated rings. The van der Waals surface area contributed by atoms with Crippen molar-refractivity contribution in [1.29, 1.82) is 0 Å². The number of hydrogen-bond acceptors (Lipinski definition) is 6. The first-order valence-electron chi connectivity index (χ1n) is 12.4. The maximum absolute atomic E-state index is 12.9. The maximum Gasteiger partial charge on any atom is 0.247 e. The molecule has 5 rings (SSSR count). The Morgan fingerprint density at radius 3 is 2.76 bits per heavy atom. The average Bonchev–Trinajstić information content (AvgIpc) is 3.37. The molecule has 0 aliphatic carbocycles. The van der Waals surface area contributed by atoms with E-state index in [0.717, 1.165) is 22.0 Å². The zero-order valence-corrected chi connectivity index (χ0v) is 21.4. The summed E-state index contributed by atoms with van der Waals surface area (Å²) in [6.07, 6.45) is 5.36. The highest BCUT2D eigenvalue weighted by Crippen LogP contribution is 2.32. The smallest absolute Gasteiger partial charge is 0.247 e. The summed E-state index contributed by atoms with van der Waals surface area (Å²) in [5.74, 6) is -0.0271. The summed E-state index contributed by atoms with van der Waals surface area (Å²) >= 11 is 6.46. The Morgan fingerprint density at radius 1 is 1.13 bits per heavy atom. The molecule has 38 heavy (non-hydrogen) atoms. The second-order valence-electron chi connectivity index (χ2n) is 9.18. The van der Waals surface area contributed by atoms with Gasteiger partial charge in [-0.25, -0.2) is 9.97 Å². The van der Waals surface area contributed by atoms with E-state index in [4.69, 9.17) is 16.6 Å². The van der Waals surface area contributed by atoms with Gasteiger partial charge in [0.05, 0.1) is 22.8 Å². The van der Waals surface area contributed by atoms with E-state index in [-0.39, 0.29) is 23.8 Å². The Kier molecular flexibility index (Phi) is 7.67. The fourth-order valence-corrected chi connectivity index (χ4v) is 4.75. The number of carbonyl (C=O) groups is 2. The number of carbonyl (C=O) groups excluding carboxylic acids is 2. The Morgan fingerprint density at radius 2 is 1.95 bits per heavy atom. The highest BCUT2D eigenvalue weighted by Gasteiger charge is 2.27. The molecule has 1 aliphatic heterocycles. The summed E-state index contributed by atoms with van der Waals surface area (Å²) in [5, 5.41) is 13.9. The van der Waals surface area contributed by atoms with E-state index >= 15 is 0 Å². The number of fused-ring (bicyclic) bond motifs is 1. The quantitative estimate of drug-likeness (QED) is 0.219. The average molecular weight is 530 g/mol. The lowest BCUT2D eigenvalue weighted by atomic mass is 9.95. The number of amides is 2. The molecule has 3 heterocycles. The number of nitrogens with one attached hydrogen (secondary N) is 5. The first-order chi connectivity index (χ1) is 18.5. The number of nitrogens with zero attached hydrogens (tertiary/aromatic N) is 2. The summed E-state index contributed by atoms with van der Waals surface area (Å²) in [7, 11) is 0. The molecule has 0 saturated carbocycles. The van der Waals surface area contributed by atoms with Crippen LogP contribution >= 0.6 is 11.6 Å². The Labute approximate surface area is 225 Å². The van der Waals surface area contributed by atoms with Crippen LogP contribution in [0.1, 0.15) is 12.0 Å². The number of benzene rings is 2. The van der Waals surface area contributed by atoms with Gasteiger partial charge in [-0.3, -0.25) is 9.59 Å². The predicted octanol–water partition coefficient (Wildman–Crippen LogP) is 4.11. The van der Waals surface area contributed by atoms with E-state index < -0.39 is 0 Å². The zero-order valence-electron chi connectivity index (χ0n) is 20.6. The first-order valence-corrected chi connectivity index (χ1v) is 12.7. The molecule has 2 atom stereocenters. The van der Waals surface area contributed by atoms with Crippen LogP contribution in [-0.4, -0.2) is 45.9 Å². The third-order valence-corrected chi connectivity index (χ3v) is 6.79. The van der Waals surface area contributed by atoms with Crippen molar-refractivity contribution in [2.75, 3.05) is 23.7 Å². The number of aromatic amines is 1. The summed E-state index contributed by atoms with van der Waals surface area (Å²) in [5.41, 5.74) is 4.17. The second-order valence-corrected chi connectivity index (χ2v) is 9.59. The molecule has 4 aromatic rings. The number of aromatic nitrogens is 3. The highest BCUT2D eigenvalue weighted by molar-refractivity contribution is 6.33. The molecular formula is C28H28ClN7O2.